The predicted octanol–water partition coefficient (Wildman–Crippen LogP) is 6.89. The second kappa shape index (κ2) is 4.99. The number of hydrogen-bond acceptors (Lipinski definition) is 1. The first kappa shape index (κ1) is 13.7. The van der Waals surface area contributed by atoms with Gasteiger partial charge in [0.1, 0.15) is 11.2 Å². The van der Waals surface area contributed by atoms with Gasteiger partial charge in [0.2, 0.25) is 0 Å². The maximum absolute atomic E-state index is 6.08. The third kappa shape index (κ3) is 1.76. The zero-order valence-corrected chi connectivity index (χ0v) is 14.0. The fourth-order valence-corrected chi connectivity index (χ4v) is 4.10. The molecule has 0 spiro atoms. The Bertz CT molecular complexity index is 1430. The van der Waals surface area contributed by atoms with Crippen molar-refractivity contribution in [3.63, 3.8) is 0 Å². The quantitative estimate of drug-likeness (QED) is 0.349. The molecule has 0 atom stereocenters. The molecule has 0 saturated heterocycles. The number of aromatic nitrogens is 1. The fourth-order valence-electron chi connectivity index (χ4n) is 4.10. The van der Waals surface area contributed by atoms with Crippen molar-refractivity contribution >= 4 is 43.7 Å². The molecule has 2 aromatic heterocycles. The van der Waals surface area contributed by atoms with E-state index in [2.05, 4.69) is 71.7 Å². The first-order valence-corrected chi connectivity index (χ1v) is 8.80. The molecule has 0 unspecified atom stereocenters. The summed E-state index contributed by atoms with van der Waals surface area (Å²) < 4.78 is 6.08. The Morgan fingerprint density at radius 1 is 0.538 bits per heavy atom. The van der Waals surface area contributed by atoms with Crippen LogP contribution in [0.4, 0.5) is 0 Å². The zero-order chi connectivity index (χ0) is 17.1. The molecule has 1 N–H and O–H groups in total. The molecule has 4 aromatic carbocycles. The summed E-state index contributed by atoms with van der Waals surface area (Å²) in [5.41, 5.74) is 6.60. The third-order valence-electron chi connectivity index (χ3n) is 5.23. The van der Waals surface area contributed by atoms with Crippen LogP contribution in [0.3, 0.4) is 0 Å². The van der Waals surface area contributed by atoms with Gasteiger partial charge < -0.3 is 9.40 Å². The van der Waals surface area contributed by atoms with Crippen molar-refractivity contribution in [3.8, 4) is 11.1 Å². The Balaban J connectivity index is 1.79. The molecule has 2 heterocycles. The summed E-state index contributed by atoms with van der Waals surface area (Å²) in [7, 11) is 0. The third-order valence-corrected chi connectivity index (χ3v) is 5.23. The van der Waals surface area contributed by atoms with Crippen LogP contribution < -0.4 is 0 Å². The fraction of sp³-hybridized carbons (Fsp3) is 0. The minimum atomic E-state index is 0.928. The Hall–Kier alpha value is -3.52. The summed E-state index contributed by atoms with van der Waals surface area (Å²) >= 11 is 0. The van der Waals surface area contributed by atoms with Crippen LogP contribution in [0.2, 0.25) is 0 Å². The number of para-hydroxylation sites is 3. The van der Waals surface area contributed by atoms with Crippen molar-refractivity contribution in [1.29, 1.82) is 0 Å². The predicted molar refractivity (Wildman–Crippen MR) is 109 cm³/mol. The summed E-state index contributed by atoms with van der Waals surface area (Å²) in [6.45, 7) is 0. The Morgan fingerprint density at radius 2 is 1.23 bits per heavy atom. The SMILES string of the molecule is c1ccc2c(c1)[nH]c1c(-c3cccc4oc5ccccc5c34)cccc12. The molecule has 0 aliphatic rings. The van der Waals surface area contributed by atoms with E-state index in [1.165, 1.54) is 38.3 Å². The Morgan fingerprint density at radius 3 is 2.19 bits per heavy atom. The van der Waals surface area contributed by atoms with Gasteiger partial charge in [-0.1, -0.05) is 66.7 Å². The highest BCUT2D eigenvalue weighted by Gasteiger charge is 2.15. The molecule has 0 amide bonds. The molecule has 0 aliphatic carbocycles. The van der Waals surface area contributed by atoms with Crippen molar-refractivity contribution < 1.29 is 4.42 Å². The van der Waals surface area contributed by atoms with Crippen LogP contribution in [-0.4, -0.2) is 4.98 Å². The van der Waals surface area contributed by atoms with Crippen LogP contribution >= 0.6 is 0 Å². The van der Waals surface area contributed by atoms with Gasteiger partial charge in [-0.3, -0.25) is 0 Å². The molecule has 0 fully saturated rings. The van der Waals surface area contributed by atoms with E-state index in [1.807, 2.05) is 18.2 Å². The summed E-state index contributed by atoms with van der Waals surface area (Å²) in [5, 5.41) is 4.84. The van der Waals surface area contributed by atoms with Gasteiger partial charge in [0.15, 0.2) is 0 Å². The van der Waals surface area contributed by atoms with E-state index in [4.69, 9.17) is 4.42 Å². The molecule has 26 heavy (non-hydrogen) atoms. The van der Waals surface area contributed by atoms with Gasteiger partial charge >= 0.3 is 0 Å². The van der Waals surface area contributed by atoms with Crippen molar-refractivity contribution in [2.75, 3.05) is 0 Å². The van der Waals surface area contributed by atoms with E-state index in [-0.39, 0.29) is 0 Å². The highest BCUT2D eigenvalue weighted by molar-refractivity contribution is 6.18. The standard InChI is InChI=1S/C24H15NO/c1-3-12-20-15(7-1)17-10-5-11-18(24(17)25-20)16-9-6-14-22-23(16)19-8-2-4-13-21(19)26-22/h1-14,25H. The highest BCUT2D eigenvalue weighted by Crippen LogP contribution is 2.40. The van der Waals surface area contributed by atoms with E-state index >= 15 is 0 Å². The van der Waals surface area contributed by atoms with Crippen molar-refractivity contribution in [2.45, 2.75) is 0 Å². The van der Waals surface area contributed by atoms with Crippen molar-refractivity contribution in [1.82, 2.24) is 4.98 Å². The van der Waals surface area contributed by atoms with Crippen LogP contribution in [0.1, 0.15) is 0 Å². The minimum absolute atomic E-state index is 0.928. The normalized spacial score (nSPS) is 11.8. The second-order valence-corrected chi connectivity index (χ2v) is 6.68. The lowest BCUT2D eigenvalue weighted by atomic mass is 9.97. The number of hydrogen-bond donors (Lipinski definition) is 1. The van der Waals surface area contributed by atoms with E-state index in [9.17, 15) is 0 Å². The van der Waals surface area contributed by atoms with Gasteiger partial charge in [0.05, 0.1) is 5.52 Å². The van der Waals surface area contributed by atoms with E-state index in [1.54, 1.807) is 0 Å². The molecule has 0 aliphatic heterocycles. The second-order valence-electron chi connectivity index (χ2n) is 6.68. The lowest BCUT2D eigenvalue weighted by molar-refractivity contribution is 0.669. The highest BCUT2D eigenvalue weighted by atomic mass is 16.3. The molecule has 0 bridgehead atoms. The Labute approximate surface area is 149 Å². The molecular weight excluding hydrogens is 318 g/mol. The summed E-state index contributed by atoms with van der Waals surface area (Å²) in [6, 6.07) is 29.5. The van der Waals surface area contributed by atoms with Gasteiger partial charge in [-0.25, -0.2) is 0 Å². The summed E-state index contributed by atoms with van der Waals surface area (Å²) in [4.78, 5) is 3.62. The summed E-state index contributed by atoms with van der Waals surface area (Å²) in [6.07, 6.45) is 0. The maximum Gasteiger partial charge on any atom is 0.136 e. The van der Waals surface area contributed by atoms with Crippen LogP contribution in [0.25, 0.3) is 54.9 Å². The van der Waals surface area contributed by atoms with Gasteiger partial charge in [-0.2, -0.15) is 0 Å². The average molecular weight is 333 g/mol. The van der Waals surface area contributed by atoms with Gasteiger partial charge in [0, 0.05) is 32.6 Å². The van der Waals surface area contributed by atoms with Crippen LogP contribution in [0.5, 0.6) is 0 Å². The average Bonchev–Trinajstić information content (AvgIpc) is 3.26. The first-order chi connectivity index (χ1) is 12.9. The molecular formula is C24H15NO. The maximum atomic E-state index is 6.08. The molecule has 0 radical (unpaired) electrons. The number of fused-ring (bicyclic) bond motifs is 6. The van der Waals surface area contributed by atoms with E-state index in [0.717, 1.165) is 16.6 Å². The molecule has 2 nitrogen and oxygen atoms in total. The lowest BCUT2D eigenvalue weighted by Gasteiger charge is -2.06. The zero-order valence-electron chi connectivity index (χ0n) is 14.0. The number of aromatic amines is 1. The van der Waals surface area contributed by atoms with E-state index in [0.29, 0.717) is 0 Å². The number of nitrogens with one attached hydrogen (secondary N) is 1. The largest absolute Gasteiger partial charge is 0.456 e. The van der Waals surface area contributed by atoms with Gasteiger partial charge in [-0.05, 0) is 23.8 Å². The van der Waals surface area contributed by atoms with Crippen molar-refractivity contribution in [2.24, 2.45) is 0 Å². The topological polar surface area (TPSA) is 28.9 Å². The first-order valence-electron chi connectivity index (χ1n) is 8.80. The number of rotatable bonds is 1. The monoisotopic (exact) mass is 333 g/mol. The molecule has 6 aromatic rings. The van der Waals surface area contributed by atoms with Crippen LogP contribution in [-0.2, 0) is 0 Å². The molecule has 122 valence electrons. The number of furan rings is 1. The van der Waals surface area contributed by atoms with Crippen molar-refractivity contribution in [3.05, 3.63) is 84.9 Å². The van der Waals surface area contributed by atoms with E-state index < -0.39 is 0 Å². The van der Waals surface area contributed by atoms with Gasteiger partial charge in [0.25, 0.3) is 0 Å². The Kier molecular flexibility index (Phi) is 2.64. The molecule has 2 heteroatoms. The summed E-state index contributed by atoms with van der Waals surface area (Å²) in [5.74, 6) is 0. The van der Waals surface area contributed by atoms with Crippen LogP contribution in [0, 0.1) is 0 Å². The number of benzene rings is 4. The van der Waals surface area contributed by atoms with Crippen LogP contribution in [0.15, 0.2) is 89.3 Å². The minimum Gasteiger partial charge on any atom is -0.456 e. The molecule has 6 rings (SSSR count). The smallest absolute Gasteiger partial charge is 0.136 e. The molecule has 0 saturated carbocycles. The lowest BCUT2D eigenvalue weighted by Crippen LogP contribution is -1.82. The van der Waals surface area contributed by atoms with Gasteiger partial charge in [-0.15, -0.1) is 0 Å². The number of H-pyrrole nitrogens is 1.